The third kappa shape index (κ3) is 6.51. The van der Waals surface area contributed by atoms with Crippen molar-refractivity contribution in [1.29, 1.82) is 0 Å². The Hall–Kier alpha value is -3.00. The monoisotopic (exact) mass is 478 g/mol. The first-order valence-corrected chi connectivity index (χ1v) is 11.1. The molecule has 1 fully saturated rings. The first kappa shape index (κ1) is 24.6. The van der Waals surface area contributed by atoms with E-state index in [-0.39, 0.29) is 28.9 Å². The number of hydrogen-bond donors (Lipinski definition) is 0. The lowest BCUT2D eigenvalue weighted by atomic mass is 10.2. The average molecular weight is 479 g/mol. The Balaban J connectivity index is 1.53. The minimum Gasteiger partial charge on any atom is -0.493 e. The first-order chi connectivity index (χ1) is 15.8. The summed E-state index contributed by atoms with van der Waals surface area (Å²) in [7, 11) is 1.46. The van der Waals surface area contributed by atoms with Crippen molar-refractivity contribution in [3.63, 3.8) is 0 Å². The second-order valence-corrected chi connectivity index (χ2v) is 8.52. The van der Waals surface area contributed by atoms with Crippen LogP contribution in [0, 0.1) is 11.7 Å². The lowest BCUT2D eigenvalue weighted by Gasteiger charge is -2.36. The number of esters is 1. The van der Waals surface area contributed by atoms with Gasteiger partial charge in [0.25, 0.3) is 5.91 Å². The van der Waals surface area contributed by atoms with E-state index in [0.717, 1.165) is 5.69 Å². The van der Waals surface area contributed by atoms with Gasteiger partial charge in [0, 0.05) is 31.9 Å². The number of halogens is 2. The van der Waals surface area contributed by atoms with Crippen LogP contribution in [0.25, 0.3) is 0 Å². The van der Waals surface area contributed by atoms with Crippen LogP contribution in [0.2, 0.25) is 5.02 Å². The molecule has 7 nitrogen and oxygen atoms in total. The van der Waals surface area contributed by atoms with Gasteiger partial charge in [-0.2, -0.15) is 0 Å². The van der Waals surface area contributed by atoms with Crippen molar-refractivity contribution < 1.29 is 28.2 Å². The zero-order valence-electron chi connectivity index (χ0n) is 19.0. The fourth-order valence-electron chi connectivity index (χ4n) is 3.40. The molecule has 0 N–H and O–H groups in total. The molecular formula is C24H28ClFN2O5. The topological polar surface area (TPSA) is 68.3 Å². The van der Waals surface area contributed by atoms with Gasteiger partial charge in [0.15, 0.2) is 18.1 Å². The number of amides is 1. The Labute approximate surface area is 198 Å². The molecule has 2 aromatic carbocycles. The maximum absolute atomic E-state index is 13.1. The fourth-order valence-corrected chi connectivity index (χ4v) is 3.66. The Morgan fingerprint density at radius 3 is 2.36 bits per heavy atom. The third-order valence-corrected chi connectivity index (χ3v) is 5.46. The second-order valence-electron chi connectivity index (χ2n) is 8.11. The van der Waals surface area contributed by atoms with Crippen molar-refractivity contribution in [3.05, 3.63) is 52.8 Å². The summed E-state index contributed by atoms with van der Waals surface area (Å²) < 4.78 is 29.3. The molecule has 0 aromatic heterocycles. The van der Waals surface area contributed by atoms with Crippen LogP contribution in [0.1, 0.15) is 24.2 Å². The number of piperazine rings is 1. The van der Waals surface area contributed by atoms with E-state index < -0.39 is 5.97 Å². The number of hydrogen-bond acceptors (Lipinski definition) is 6. The molecule has 0 atom stereocenters. The van der Waals surface area contributed by atoms with Crippen molar-refractivity contribution in [2.24, 2.45) is 5.92 Å². The SMILES string of the molecule is COc1cc(C(=O)OCC(=O)N2CCN(c3ccc(F)cc3)CC2)cc(Cl)c1OCC(C)C. The Kier molecular flexibility index (Phi) is 8.38. The van der Waals surface area contributed by atoms with Gasteiger partial charge in [-0.3, -0.25) is 4.79 Å². The molecule has 0 spiro atoms. The molecule has 1 saturated heterocycles. The van der Waals surface area contributed by atoms with Gasteiger partial charge in [-0.05, 0) is 42.3 Å². The van der Waals surface area contributed by atoms with Gasteiger partial charge in [0.1, 0.15) is 5.82 Å². The molecule has 9 heteroatoms. The van der Waals surface area contributed by atoms with Gasteiger partial charge in [-0.15, -0.1) is 0 Å². The molecule has 0 bridgehead atoms. The highest BCUT2D eigenvalue weighted by Crippen LogP contribution is 2.37. The number of carbonyl (C=O) groups excluding carboxylic acids is 2. The maximum Gasteiger partial charge on any atom is 0.338 e. The van der Waals surface area contributed by atoms with Crippen LogP contribution >= 0.6 is 11.6 Å². The minimum absolute atomic E-state index is 0.169. The molecule has 0 saturated carbocycles. The molecule has 1 heterocycles. The predicted molar refractivity (Wildman–Crippen MR) is 124 cm³/mol. The van der Waals surface area contributed by atoms with Crippen LogP contribution in [-0.2, 0) is 9.53 Å². The molecule has 178 valence electrons. The van der Waals surface area contributed by atoms with Gasteiger partial charge in [-0.1, -0.05) is 25.4 Å². The molecule has 0 radical (unpaired) electrons. The molecule has 1 aliphatic rings. The number of benzene rings is 2. The van der Waals surface area contributed by atoms with E-state index in [0.29, 0.717) is 50.2 Å². The summed E-state index contributed by atoms with van der Waals surface area (Å²) in [6.07, 6.45) is 0. The van der Waals surface area contributed by atoms with Gasteiger partial charge in [-0.25, -0.2) is 9.18 Å². The number of anilines is 1. The summed E-state index contributed by atoms with van der Waals surface area (Å²) >= 11 is 6.28. The zero-order valence-corrected chi connectivity index (χ0v) is 19.7. The van der Waals surface area contributed by atoms with E-state index in [1.165, 1.54) is 31.4 Å². The highest BCUT2D eigenvalue weighted by atomic mass is 35.5. The van der Waals surface area contributed by atoms with Crippen LogP contribution < -0.4 is 14.4 Å². The van der Waals surface area contributed by atoms with Crippen molar-refractivity contribution in [1.82, 2.24) is 4.90 Å². The van der Waals surface area contributed by atoms with E-state index in [9.17, 15) is 14.0 Å². The van der Waals surface area contributed by atoms with E-state index in [1.54, 1.807) is 17.0 Å². The van der Waals surface area contributed by atoms with Gasteiger partial charge in [0.05, 0.1) is 24.3 Å². The number of carbonyl (C=O) groups is 2. The molecule has 2 aromatic rings. The van der Waals surface area contributed by atoms with Crippen LogP contribution in [0.5, 0.6) is 11.5 Å². The predicted octanol–water partition coefficient (Wildman–Crippen LogP) is 4.03. The van der Waals surface area contributed by atoms with E-state index >= 15 is 0 Å². The fraction of sp³-hybridized carbons (Fsp3) is 0.417. The van der Waals surface area contributed by atoms with Crippen LogP contribution in [-0.4, -0.2) is 63.3 Å². The minimum atomic E-state index is -0.677. The molecule has 1 aliphatic heterocycles. The number of nitrogens with zero attached hydrogens (tertiary/aromatic N) is 2. The van der Waals surface area contributed by atoms with E-state index in [4.69, 9.17) is 25.8 Å². The second kappa shape index (κ2) is 11.2. The van der Waals surface area contributed by atoms with Gasteiger partial charge in [0.2, 0.25) is 0 Å². The zero-order chi connectivity index (χ0) is 24.0. The standard InChI is InChI=1S/C24H28ClFN2O5/c1-16(2)14-32-23-20(25)12-17(13-21(23)31-3)24(30)33-15-22(29)28-10-8-27(9-11-28)19-6-4-18(26)5-7-19/h4-7,12-13,16H,8-11,14-15H2,1-3H3. The Morgan fingerprint density at radius 2 is 1.76 bits per heavy atom. The normalized spacial score (nSPS) is 13.8. The lowest BCUT2D eigenvalue weighted by Crippen LogP contribution is -2.49. The van der Waals surface area contributed by atoms with Crippen molar-refractivity contribution in [2.45, 2.75) is 13.8 Å². The Bertz CT molecular complexity index is 976. The van der Waals surface area contributed by atoms with Crippen molar-refractivity contribution in [2.75, 3.05) is 51.4 Å². The molecular weight excluding hydrogens is 451 g/mol. The average Bonchev–Trinajstić information content (AvgIpc) is 2.81. The smallest absolute Gasteiger partial charge is 0.338 e. The highest BCUT2D eigenvalue weighted by Gasteiger charge is 2.23. The van der Waals surface area contributed by atoms with Crippen LogP contribution in [0.15, 0.2) is 36.4 Å². The van der Waals surface area contributed by atoms with Crippen molar-refractivity contribution in [3.8, 4) is 11.5 Å². The van der Waals surface area contributed by atoms with E-state index in [1.807, 2.05) is 13.8 Å². The quantitative estimate of drug-likeness (QED) is 0.534. The third-order valence-electron chi connectivity index (χ3n) is 5.18. The largest absolute Gasteiger partial charge is 0.493 e. The summed E-state index contributed by atoms with van der Waals surface area (Å²) in [6, 6.07) is 9.18. The van der Waals surface area contributed by atoms with Gasteiger partial charge < -0.3 is 24.0 Å². The summed E-state index contributed by atoms with van der Waals surface area (Å²) in [5.41, 5.74) is 1.07. The molecule has 1 amide bonds. The van der Waals surface area contributed by atoms with Crippen molar-refractivity contribution >= 4 is 29.2 Å². The summed E-state index contributed by atoms with van der Waals surface area (Å²) in [6.45, 7) is 6.26. The lowest BCUT2D eigenvalue weighted by molar-refractivity contribution is -0.134. The number of rotatable bonds is 8. The molecule has 0 aliphatic carbocycles. The van der Waals surface area contributed by atoms with E-state index in [2.05, 4.69) is 4.90 Å². The Morgan fingerprint density at radius 1 is 1.09 bits per heavy atom. The van der Waals surface area contributed by atoms with Crippen LogP contribution in [0.4, 0.5) is 10.1 Å². The van der Waals surface area contributed by atoms with Crippen LogP contribution in [0.3, 0.4) is 0 Å². The number of methoxy groups -OCH3 is 1. The molecule has 3 rings (SSSR count). The first-order valence-electron chi connectivity index (χ1n) is 10.7. The van der Waals surface area contributed by atoms with Gasteiger partial charge >= 0.3 is 5.97 Å². The highest BCUT2D eigenvalue weighted by molar-refractivity contribution is 6.32. The number of ether oxygens (including phenoxy) is 3. The molecule has 33 heavy (non-hydrogen) atoms. The summed E-state index contributed by atoms with van der Waals surface area (Å²) in [5.74, 6) is -0.274. The summed E-state index contributed by atoms with van der Waals surface area (Å²) in [4.78, 5) is 28.8. The maximum atomic E-state index is 13.1. The summed E-state index contributed by atoms with van der Waals surface area (Å²) in [5, 5.41) is 0.227. The molecule has 0 unspecified atom stereocenters.